The van der Waals surface area contributed by atoms with Gasteiger partial charge in [-0.1, -0.05) is 143 Å². The molecule has 0 bridgehead atoms. The lowest BCUT2D eigenvalue weighted by Crippen LogP contribution is -2.61. The van der Waals surface area contributed by atoms with Crippen LogP contribution in [0.3, 0.4) is 0 Å². The third-order valence-electron chi connectivity index (χ3n) is 10.2. The summed E-state index contributed by atoms with van der Waals surface area (Å²) in [6.45, 7) is 2.17. The van der Waals surface area contributed by atoms with Gasteiger partial charge in [0.2, 0.25) is 0 Å². The van der Waals surface area contributed by atoms with Crippen molar-refractivity contribution in [2.75, 3.05) is 26.4 Å². The summed E-state index contributed by atoms with van der Waals surface area (Å²) in [5.74, 6) is -1.04. The monoisotopic (exact) mass is 905 g/mol. The fraction of sp³-hybridized carbons (Fsp3) is 0.633. The number of aliphatic hydroxyl groups excluding tert-OH is 7. The molecule has 0 amide bonds. The predicted molar refractivity (Wildman–Crippen MR) is 242 cm³/mol. The number of esters is 2. The molecular weight excluding hydrogens is 829 g/mol. The van der Waals surface area contributed by atoms with E-state index < -0.39 is 99.3 Å². The molecule has 2 saturated heterocycles. The summed E-state index contributed by atoms with van der Waals surface area (Å²) in [6.07, 6.45) is 26.0. The Balaban J connectivity index is 1.89. The van der Waals surface area contributed by atoms with Gasteiger partial charge in [0.1, 0.15) is 55.4 Å². The van der Waals surface area contributed by atoms with Crippen LogP contribution in [0.4, 0.5) is 0 Å². The molecule has 5 unspecified atom stereocenters. The van der Waals surface area contributed by atoms with Crippen molar-refractivity contribution < 1.29 is 73.8 Å². The topological polar surface area (TPSA) is 231 Å². The Morgan fingerprint density at radius 2 is 0.953 bits per heavy atom. The normalized spacial score (nSPS) is 27.5. The van der Waals surface area contributed by atoms with E-state index in [1.807, 2.05) is 72.9 Å². The first-order valence-corrected chi connectivity index (χ1v) is 22.9. The molecule has 0 aromatic carbocycles. The summed E-state index contributed by atoms with van der Waals surface area (Å²) in [4.78, 5) is 25.6. The average molecular weight is 905 g/mol. The highest BCUT2D eigenvalue weighted by Gasteiger charge is 2.47. The Labute approximate surface area is 379 Å². The molecule has 2 heterocycles. The molecule has 0 saturated carbocycles. The van der Waals surface area contributed by atoms with E-state index >= 15 is 0 Å². The first kappa shape index (κ1) is 56.5. The van der Waals surface area contributed by atoms with Gasteiger partial charge >= 0.3 is 11.9 Å². The molecule has 2 fully saturated rings. The molecule has 7 N–H and O–H groups in total. The van der Waals surface area contributed by atoms with E-state index in [0.717, 1.165) is 57.8 Å². The minimum absolute atomic E-state index is 0.0598. The van der Waals surface area contributed by atoms with Gasteiger partial charge in [-0.3, -0.25) is 9.59 Å². The van der Waals surface area contributed by atoms with Crippen molar-refractivity contribution in [1.82, 2.24) is 0 Å². The van der Waals surface area contributed by atoms with Crippen LogP contribution in [0.25, 0.3) is 0 Å². The number of aliphatic hydroxyl groups is 7. The van der Waals surface area contributed by atoms with Crippen molar-refractivity contribution in [1.29, 1.82) is 0 Å². The second-order valence-electron chi connectivity index (χ2n) is 15.6. The Hall–Kier alpha value is -3.58. The van der Waals surface area contributed by atoms with Gasteiger partial charge in [-0.25, -0.2) is 0 Å². The van der Waals surface area contributed by atoms with E-state index in [0.29, 0.717) is 19.3 Å². The van der Waals surface area contributed by atoms with Crippen molar-refractivity contribution in [2.45, 2.75) is 171 Å². The molecule has 2 aliphatic rings. The number of allylic oxidation sites excluding steroid dienone is 16. The number of ether oxygens (including phenoxy) is 6. The molecule has 0 spiro atoms. The zero-order valence-corrected chi connectivity index (χ0v) is 37.7. The molecule has 0 aromatic heterocycles. The van der Waals surface area contributed by atoms with Crippen LogP contribution in [0.2, 0.25) is 0 Å². The third-order valence-corrected chi connectivity index (χ3v) is 10.2. The lowest BCUT2D eigenvalue weighted by molar-refractivity contribution is -0.332. The zero-order valence-electron chi connectivity index (χ0n) is 37.7. The number of hydrogen-bond acceptors (Lipinski definition) is 15. The van der Waals surface area contributed by atoms with E-state index in [2.05, 4.69) is 38.2 Å². The molecular formula is C49H76O15. The van der Waals surface area contributed by atoms with Crippen molar-refractivity contribution in [3.63, 3.8) is 0 Å². The number of hydrogen-bond donors (Lipinski definition) is 7. The van der Waals surface area contributed by atoms with E-state index in [4.69, 9.17) is 28.4 Å². The van der Waals surface area contributed by atoms with Crippen LogP contribution >= 0.6 is 0 Å². The largest absolute Gasteiger partial charge is 0.462 e. The van der Waals surface area contributed by atoms with Gasteiger partial charge in [0, 0.05) is 12.8 Å². The number of carbonyl (C=O) groups is 2. The van der Waals surface area contributed by atoms with Gasteiger partial charge in [-0.05, 0) is 44.9 Å². The maximum atomic E-state index is 12.9. The lowest BCUT2D eigenvalue weighted by atomic mass is 9.98. The molecule has 11 atom stereocenters. The van der Waals surface area contributed by atoms with Gasteiger partial charge in [-0.15, -0.1) is 0 Å². The molecule has 362 valence electrons. The van der Waals surface area contributed by atoms with Gasteiger partial charge in [0.25, 0.3) is 0 Å². The van der Waals surface area contributed by atoms with Gasteiger partial charge in [0.15, 0.2) is 18.7 Å². The molecule has 0 radical (unpaired) electrons. The second-order valence-corrected chi connectivity index (χ2v) is 15.6. The summed E-state index contributed by atoms with van der Waals surface area (Å²) in [5.41, 5.74) is 0. The maximum absolute atomic E-state index is 12.9. The van der Waals surface area contributed by atoms with Crippen LogP contribution in [0.5, 0.6) is 0 Å². The van der Waals surface area contributed by atoms with Gasteiger partial charge in [-0.2, -0.15) is 0 Å². The number of carbonyl (C=O) groups excluding carboxylic acids is 2. The molecule has 2 aliphatic heterocycles. The summed E-state index contributed by atoms with van der Waals surface area (Å²) in [5, 5.41) is 71.9. The SMILES string of the molecule is CC/C=C/C=C/C=C/C=C/C=C/CCCC(=O)OC(COC(=O)CCCCCCCCC/C=C/C=C/C=C/CC)CO[C@@H]1O[C@H](CO[C@@H]2O[C@H](CO)[C@H](O)C(O)C2O)[C@H](O)C(O)C1O. The standard InChI is InChI=1S/C49H76O15/c1-3-5-7-9-11-13-15-17-18-20-21-23-25-27-29-31-40(51)59-34-37(62-41(52)32-30-28-26-24-22-19-16-14-12-10-8-6-4-2)35-60-48-47(58)45(56)43(54)39(64-48)36-61-49-46(57)44(55)42(53)38(33-50)63-49/h5-16,19,22,24,26,37-39,42-50,53-58H,3-4,17-18,20-21,23,25,27-36H2,1-2H3/b7-5+,8-6+,11-9+,12-10+,15-13+,16-14+,22-19+,26-24+/t37?,38-,39-,42+,43+,44?,45?,46?,47?,48-,49-/m1/s1. The zero-order chi connectivity index (χ0) is 46.8. The van der Waals surface area contributed by atoms with Crippen LogP contribution in [-0.2, 0) is 38.0 Å². The van der Waals surface area contributed by atoms with Crippen molar-refractivity contribution in [3.8, 4) is 0 Å². The summed E-state index contributed by atoms with van der Waals surface area (Å²) >= 11 is 0. The van der Waals surface area contributed by atoms with Gasteiger partial charge < -0.3 is 64.2 Å². The van der Waals surface area contributed by atoms with Crippen molar-refractivity contribution in [3.05, 3.63) is 97.2 Å². The quantitative estimate of drug-likeness (QED) is 0.0267. The highest BCUT2D eigenvalue weighted by atomic mass is 16.7. The Kier molecular flexibility index (Phi) is 31.5. The van der Waals surface area contributed by atoms with Crippen LogP contribution in [-0.4, -0.2) is 142 Å². The van der Waals surface area contributed by atoms with E-state index in [1.54, 1.807) is 0 Å². The Morgan fingerprint density at radius 3 is 1.52 bits per heavy atom. The molecule has 15 heteroatoms. The third kappa shape index (κ3) is 24.1. The Morgan fingerprint density at radius 1 is 0.500 bits per heavy atom. The predicted octanol–water partition coefficient (Wildman–Crippen LogP) is 5.03. The number of rotatable bonds is 32. The molecule has 0 aliphatic carbocycles. The average Bonchev–Trinajstić information content (AvgIpc) is 3.29. The fourth-order valence-electron chi connectivity index (χ4n) is 6.48. The van der Waals surface area contributed by atoms with Crippen LogP contribution in [0.15, 0.2) is 97.2 Å². The molecule has 0 aromatic rings. The summed E-state index contributed by atoms with van der Waals surface area (Å²) in [7, 11) is 0. The van der Waals surface area contributed by atoms with E-state index in [1.165, 1.54) is 0 Å². The first-order chi connectivity index (χ1) is 31.0. The smallest absolute Gasteiger partial charge is 0.306 e. The minimum Gasteiger partial charge on any atom is -0.462 e. The summed E-state index contributed by atoms with van der Waals surface area (Å²) in [6, 6.07) is 0. The molecule has 2 rings (SSSR count). The fourth-order valence-corrected chi connectivity index (χ4v) is 6.48. The highest BCUT2D eigenvalue weighted by molar-refractivity contribution is 5.70. The van der Waals surface area contributed by atoms with E-state index in [9.17, 15) is 45.3 Å². The molecule has 15 nitrogen and oxygen atoms in total. The minimum atomic E-state index is -1.78. The van der Waals surface area contributed by atoms with Crippen LogP contribution in [0.1, 0.15) is 104 Å². The highest BCUT2D eigenvalue weighted by Crippen LogP contribution is 2.26. The van der Waals surface area contributed by atoms with Crippen LogP contribution < -0.4 is 0 Å². The van der Waals surface area contributed by atoms with Crippen molar-refractivity contribution >= 4 is 11.9 Å². The maximum Gasteiger partial charge on any atom is 0.306 e. The van der Waals surface area contributed by atoms with Gasteiger partial charge in [0.05, 0.1) is 19.8 Å². The summed E-state index contributed by atoms with van der Waals surface area (Å²) < 4.78 is 33.3. The van der Waals surface area contributed by atoms with Crippen molar-refractivity contribution in [2.24, 2.45) is 0 Å². The lowest BCUT2D eigenvalue weighted by Gasteiger charge is -2.42. The molecule has 64 heavy (non-hydrogen) atoms. The van der Waals surface area contributed by atoms with Crippen LogP contribution in [0, 0.1) is 0 Å². The van der Waals surface area contributed by atoms with E-state index in [-0.39, 0.29) is 19.4 Å². The Bertz CT molecular complexity index is 1480. The number of unbranched alkanes of at least 4 members (excludes halogenated alkanes) is 8. The first-order valence-electron chi connectivity index (χ1n) is 22.9. The second kappa shape index (κ2) is 35.7.